The fourth-order valence-corrected chi connectivity index (χ4v) is 2.37. The van der Waals surface area contributed by atoms with Crippen molar-refractivity contribution in [2.45, 2.75) is 0 Å². The number of hydrogen-bond acceptors (Lipinski definition) is 4. The second kappa shape index (κ2) is 6.35. The largest absolute Gasteiger partial charge is 0.291 e. The summed E-state index contributed by atoms with van der Waals surface area (Å²) in [5.74, 6) is 0. The van der Waals surface area contributed by atoms with E-state index in [4.69, 9.17) is 0 Å². The molecule has 0 spiro atoms. The minimum atomic E-state index is 0.747. The average Bonchev–Trinajstić information content (AvgIpc) is 2.96. The molecule has 2 heterocycles. The number of hydrogen-bond donors (Lipinski definition) is 0. The van der Waals surface area contributed by atoms with Crippen LogP contribution in [0.15, 0.2) is 43.6 Å². The lowest BCUT2D eigenvalue weighted by Crippen LogP contribution is -1.88. The van der Waals surface area contributed by atoms with Gasteiger partial charge in [0.05, 0.1) is 13.1 Å². The van der Waals surface area contributed by atoms with Crippen molar-refractivity contribution in [1.29, 1.82) is 0 Å². The van der Waals surface area contributed by atoms with Crippen LogP contribution in [-0.2, 0) is 0 Å². The van der Waals surface area contributed by atoms with Crippen LogP contribution in [0.4, 0.5) is 0 Å². The molecule has 0 bridgehead atoms. The van der Waals surface area contributed by atoms with E-state index in [1.54, 1.807) is 22.7 Å². The van der Waals surface area contributed by atoms with Crippen LogP contribution in [0.2, 0.25) is 0 Å². The maximum atomic E-state index is 4.30. The molecule has 0 radical (unpaired) electrons. The molecule has 0 aromatic carbocycles. The Hall–Kier alpha value is -1.26. The van der Waals surface area contributed by atoms with Crippen molar-refractivity contribution in [2.24, 2.45) is 9.98 Å². The van der Waals surface area contributed by atoms with Gasteiger partial charge in [0.1, 0.15) is 0 Å². The van der Waals surface area contributed by atoms with Crippen LogP contribution in [0.3, 0.4) is 0 Å². The topological polar surface area (TPSA) is 24.7 Å². The molecule has 0 unspecified atom stereocenters. The molecule has 0 amide bonds. The van der Waals surface area contributed by atoms with E-state index in [9.17, 15) is 0 Å². The van der Waals surface area contributed by atoms with Gasteiger partial charge in [0, 0.05) is 23.6 Å². The zero-order valence-electron chi connectivity index (χ0n) is 8.74. The average molecular weight is 248 g/mol. The molecule has 16 heavy (non-hydrogen) atoms. The Morgan fingerprint density at radius 2 is 1.38 bits per heavy atom. The Labute approximate surface area is 103 Å². The maximum Gasteiger partial charge on any atom is 0.0585 e. The van der Waals surface area contributed by atoms with Crippen molar-refractivity contribution in [2.75, 3.05) is 13.1 Å². The monoisotopic (exact) mass is 248 g/mol. The van der Waals surface area contributed by atoms with Gasteiger partial charge in [-0.2, -0.15) is 22.7 Å². The van der Waals surface area contributed by atoms with Crippen LogP contribution in [0, 0.1) is 0 Å². The molecule has 2 aromatic rings. The molecule has 0 aliphatic heterocycles. The van der Waals surface area contributed by atoms with Crippen molar-refractivity contribution < 1.29 is 0 Å². The van der Waals surface area contributed by atoms with Gasteiger partial charge in [0.2, 0.25) is 0 Å². The van der Waals surface area contributed by atoms with Crippen LogP contribution < -0.4 is 0 Å². The molecule has 2 nitrogen and oxygen atoms in total. The maximum absolute atomic E-state index is 4.30. The van der Waals surface area contributed by atoms with Gasteiger partial charge >= 0.3 is 0 Å². The number of rotatable bonds is 5. The molecule has 0 atom stereocenters. The Balaban J connectivity index is 1.69. The SMILES string of the molecule is C(=NCCN=Cc1ccsc1)c1ccsc1. The van der Waals surface area contributed by atoms with Crippen LogP contribution in [0.5, 0.6) is 0 Å². The number of thiophene rings is 2. The summed E-state index contributed by atoms with van der Waals surface area (Å²) in [4.78, 5) is 8.61. The second-order valence-corrected chi connectivity index (χ2v) is 4.74. The first kappa shape index (κ1) is 11.2. The lowest BCUT2D eigenvalue weighted by atomic mass is 10.4. The number of nitrogens with zero attached hydrogens (tertiary/aromatic N) is 2. The zero-order chi connectivity index (χ0) is 11.1. The van der Waals surface area contributed by atoms with Crippen molar-refractivity contribution in [1.82, 2.24) is 0 Å². The van der Waals surface area contributed by atoms with E-state index in [1.807, 2.05) is 12.4 Å². The third kappa shape index (κ3) is 3.72. The molecule has 0 fully saturated rings. The molecule has 2 rings (SSSR count). The van der Waals surface area contributed by atoms with E-state index < -0.39 is 0 Å². The lowest BCUT2D eigenvalue weighted by Gasteiger charge is -1.88. The highest BCUT2D eigenvalue weighted by molar-refractivity contribution is 7.08. The molecule has 4 heteroatoms. The summed E-state index contributed by atoms with van der Waals surface area (Å²) >= 11 is 3.37. The summed E-state index contributed by atoms with van der Waals surface area (Å²) in [5, 5.41) is 8.27. The van der Waals surface area contributed by atoms with Gasteiger partial charge in [-0.3, -0.25) is 9.98 Å². The summed E-state index contributed by atoms with van der Waals surface area (Å²) < 4.78 is 0. The van der Waals surface area contributed by atoms with Gasteiger partial charge in [0.15, 0.2) is 0 Å². The molecule has 0 saturated carbocycles. The second-order valence-electron chi connectivity index (χ2n) is 3.18. The van der Waals surface area contributed by atoms with E-state index in [1.165, 1.54) is 11.1 Å². The normalized spacial score (nSPS) is 11.8. The van der Waals surface area contributed by atoms with Gasteiger partial charge < -0.3 is 0 Å². The fourth-order valence-electron chi connectivity index (χ4n) is 1.15. The van der Waals surface area contributed by atoms with Crippen molar-refractivity contribution in [3.63, 3.8) is 0 Å². The predicted octanol–water partition coefficient (Wildman–Crippen LogP) is 3.35. The molecule has 2 aromatic heterocycles. The predicted molar refractivity (Wildman–Crippen MR) is 73.6 cm³/mol. The van der Waals surface area contributed by atoms with E-state index >= 15 is 0 Å². The van der Waals surface area contributed by atoms with E-state index in [-0.39, 0.29) is 0 Å². The van der Waals surface area contributed by atoms with Crippen molar-refractivity contribution in [3.05, 3.63) is 44.8 Å². The molecular formula is C12H12N2S2. The van der Waals surface area contributed by atoms with Crippen LogP contribution >= 0.6 is 22.7 Å². The summed E-state index contributed by atoms with van der Waals surface area (Å²) in [6, 6.07) is 4.12. The van der Waals surface area contributed by atoms with Crippen LogP contribution in [0.25, 0.3) is 0 Å². The van der Waals surface area contributed by atoms with Crippen molar-refractivity contribution in [3.8, 4) is 0 Å². The van der Waals surface area contributed by atoms with E-state index in [0.29, 0.717) is 0 Å². The highest BCUT2D eigenvalue weighted by atomic mass is 32.1. The van der Waals surface area contributed by atoms with Gasteiger partial charge in [-0.25, -0.2) is 0 Å². The summed E-state index contributed by atoms with van der Waals surface area (Å²) in [7, 11) is 0. The van der Waals surface area contributed by atoms with Gasteiger partial charge in [0.25, 0.3) is 0 Å². The first-order valence-corrected chi connectivity index (χ1v) is 6.88. The summed E-state index contributed by atoms with van der Waals surface area (Å²) in [6.07, 6.45) is 3.80. The van der Waals surface area contributed by atoms with E-state index in [0.717, 1.165) is 13.1 Å². The van der Waals surface area contributed by atoms with Gasteiger partial charge in [-0.05, 0) is 33.7 Å². The Morgan fingerprint density at radius 3 is 1.75 bits per heavy atom. The molecule has 0 N–H and O–H groups in total. The zero-order valence-corrected chi connectivity index (χ0v) is 10.4. The highest BCUT2D eigenvalue weighted by Crippen LogP contribution is 2.03. The van der Waals surface area contributed by atoms with Gasteiger partial charge in [-0.1, -0.05) is 0 Å². The molecule has 0 saturated heterocycles. The molecular weight excluding hydrogens is 236 g/mol. The molecule has 82 valence electrons. The van der Waals surface area contributed by atoms with Gasteiger partial charge in [-0.15, -0.1) is 0 Å². The minimum Gasteiger partial charge on any atom is -0.291 e. The third-order valence-electron chi connectivity index (χ3n) is 1.93. The summed E-state index contributed by atoms with van der Waals surface area (Å²) in [5.41, 5.74) is 2.35. The summed E-state index contributed by atoms with van der Waals surface area (Å²) in [6.45, 7) is 1.49. The first-order valence-electron chi connectivity index (χ1n) is 4.99. The quantitative estimate of drug-likeness (QED) is 0.572. The van der Waals surface area contributed by atoms with E-state index in [2.05, 4.69) is 43.6 Å². The lowest BCUT2D eigenvalue weighted by molar-refractivity contribution is 0.985. The molecule has 0 aliphatic rings. The van der Waals surface area contributed by atoms with Crippen LogP contribution in [-0.4, -0.2) is 25.5 Å². The Bertz CT molecular complexity index is 397. The fraction of sp³-hybridized carbons (Fsp3) is 0.167. The first-order chi connectivity index (χ1) is 7.95. The standard InChI is InChI=1S/C12H12N2S2/c1-5-15-9-11(1)7-13-3-4-14-8-12-2-6-16-10-12/h1-2,5-10H,3-4H2. The smallest absolute Gasteiger partial charge is 0.0585 e. The van der Waals surface area contributed by atoms with Crippen LogP contribution in [0.1, 0.15) is 11.1 Å². The minimum absolute atomic E-state index is 0.747. The third-order valence-corrected chi connectivity index (χ3v) is 3.33. The van der Waals surface area contributed by atoms with Crippen molar-refractivity contribution >= 4 is 35.1 Å². The highest BCUT2D eigenvalue weighted by Gasteiger charge is 1.86. The Kier molecular flexibility index (Phi) is 4.46. The Morgan fingerprint density at radius 1 is 0.875 bits per heavy atom. The number of aliphatic imine (C=N–C) groups is 2. The molecule has 0 aliphatic carbocycles.